The van der Waals surface area contributed by atoms with Crippen LogP contribution in [-0.2, 0) is 4.74 Å². The second-order valence-electron chi connectivity index (χ2n) is 4.88. The minimum absolute atomic E-state index is 0.256. The van der Waals surface area contributed by atoms with E-state index in [1.165, 1.54) is 0 Å². The molecule has 4 heteroatoms. The van der Waals surface area contributed by atoms with Crippen LogP contribution in [0, 0.1) is 11.3 Å². The number of hydrogen-bond acceptors (Lipinski definition) is 4. The van der Waals surface area contributed by atoms with Gasteiger partial charge < -0.3 is 10.1 Å². The molecule has 0 unspecified atom stereocenters. The van der Waals surface area contributed by atoms with Gasteiger partial charge in [-0.3, -0.25) is 4.98 Å². The summed E-state index contributed by atoms with van der Waals surface area (Å²) in [6, 6.07) is 10.0. The van der Waals surface area contributed by atoms with Crippen LogP contribution >= 0.6 is 0 Å². The number of nitrogens with zero attached hydrogens (tertiary/aromatic N) is 2. The van der Waals surface area contributed by atoms with E-state index < -0.39 is 0 Å². The van der Waals surface area contributed by atoms with Crippen LogP contribution in [0.2, 0.25) is 0 Å². The van der Waals surface area contributed by atoms with Crippen molar-refractivity contribution in [3.05, 3.63) is 36.0 Å². The normalized spacial score (nSPS) is 10.7. The Labute approximate surface area is 119 Å². The van der Waals surface area contributed by atoms with E-state index >= 15 is 0 Å². The molecule has 0 radical (unpaired) electrons. The van der Waals surface area contributed by atoms with E-state index in [0.29, 0.717) is 5.56 Å². The number of hydrogen-bond donors (Lipinski definition) is 1. The lowest BCUT2D eigenvalue weighted by molar-refractivity contribution is 0.0787. The summed E-state index contributed by atoms with van der Waals surface area (Å²) in [5.74, 6) is 0. The molecule has 0 atom stereocenters. The number of rotatable bonds is 6. The first-order valence-corrected chi connectivity index (χ1v) is 6.85. The van der Waals surface area contributed by atoms with E-state index in [1.54, 1.807) is 6.20 Å². The molecule has 1 heterocycles. The van der Waals surface area contributed by atoms with E-state index in [-0.39, 0.29) is 6.10 Å². The van der Waals surface area contributed by atoms with Crippen LogP contribution in [0.4, 0.5) is 5.69 Å². The van der Waals surface area contributed by atoms with Gasteiger partial charge >= 0.3 is 0 Å². The van der Waals surface area contributed by atoms with Crippen molar-refractivity contribution in [2.24, 2.45) is 0 Å². The molecule has 0 amide bonds. The van der Waals surface area contributed by atoms with Crippen LogP contribution < -0.4 is 5.32 Å². The lowest BCUT2D eigenvalue weighted by Gasteiger charge is -2.12. The maximum absolute atomic E-state index is 9.20. The molecule has 1 aromatic carbocycles. The maximum atomic E-state index is 9.20. The molecule has 20 heavy (non-hydrogen) atoms. The first-order chi connectivity index (χ1) is 9.72. The minimum atomic E-state index is 0.256. The first-order valence-electron chi connectivity index (χ1n) is 6.85. The zero-order valence-electron chi connectivity index (χ0n) is 11.9. The molecule has 0 spiro atoms. The predicted molar refractivity (Wildman–Crippen MR) is 80.7 cm³/mol. The van der Waals surface area contributed by atoms with Gasteiger partial charge in [-0.25, -0.2) is 0 Å². The molecule has 0 saturated carbocycles. The molecule has 2 rings (SSSR count). The Morgan fingerprint density at radius 2 is 2.15 bits per heavy atom. The average molecular weight is 269 g/mol. The van der Waals surface area contributed by atoms with Crippen molar-refractivity contribution in [1.82, 2.24) is 4.98 Å². The van der Waals surface area contributed by atoms with Crippen LogP contribution in [0.15, 0.2) is 30.5 Å². The highest BCUT2D eigenvalue weighted by molar-refractivity contribution is 5.93. The fourth-order valence-electron chi connectivity index (χ4n) is 2.02. The highest BCUT2D eigenvalue weighted by atomic mass is 16.5. The molecule has 1 N–H and O–H groups in total. The third-order valence-corrected chi connectivity index (χ3v) is 2.97. The highest BCUT2D eigenvalue weighted by Gasteiger charge is 2.07. The smallest absolute Gasteiger partial charge is 0.103 e. The summed E-state index contributed by atoms with van der Waals surface area (Å²) in [7, 11) is 0. The van der Waals surface area contributed by atoms with Crippen LogP contribution in [0.1, 0.15) is 25.8 Å². The van der Waals surface area contributed by atoms with Crippen molar-refractivity contribution in [3.63, 3.8) is 0 Å². The molecule has 0 fully saturated rings. The SMILES string of the molecule is CC(C)OCCCNc1c(C#N)cnc2ccccc12. The predicted octanol–water partition coefficient (Wildman–Crippen LogP) is 3.33. The van der Waals surface area contributed by atoms with E-state index in [9.17, 15) is 5.26 Å². The third kappa shape index (κ3) is 3.46. The standard InChI is InChI=1S/C16H19N3O/c1-12(2)20-9-5-8-18-16-13(10-17)11-19-15-7-4-3-6-14(15)16/h3-4,6-7,11-12H,5,8-9H2,1-2H3,(H,18,19). The van der Waals surface area contributed by atoms with E-state index in [4.69, 9.17) is 4.74 Å². The summed E-state index contributed by atoms with van der Waals surface area (Å²) in [5, 5.41) is 13.5. The second kappa shape index (κ2) is 6.88. The third-order valence-electron chi connectivity index (χ3n) is 2.97. The first kappa shape index (κ1) is 14.3. The van der Waals surface area contributed by atoms with Gasteiger partial charge in [0.15, 0.2) is 0 Å². The summed E-state index contributed by atoms with van der Waals surface area (Å²) in [6.07, 6.45) is 2.78. The monoisotopic (exact) mass is 269 g/mol. The van der Waals surface area contributed by atoms with Crippen LogP contribution in [0.25, 0.3) is 10.9 Å². The number of nitrogens with one attached hydrogen (secondary N) is 1. The molecule has 4 nitrogen and oxygen atoms in total. The molecular weight excluding hydrogens is 250 g/mol. The molecule has 0 aliphatic rings. The van der Waals surface area contributed by atoms with E-state index in [1.807, 2.05) is 38.1 Å². The fraction of sp³-hybridized carbons (Fsp3) is 0.375. The Morgan fingerprint density at radius 3 is 2.90 bits per heavy atom. The zero-order valence-corrected chi connectivity index (χ0v) is 11.9. The van der Waals surface area contributed by atoms with Gasteiger partial charge in [0, 0.05) is 24.7 Å². The Morgan fingerprint density at radius 1 is 1.35 bits per heavy atom. The van der Waals surface area contributed by atoms with Crippen LogP contribution in [0.5, 0.6) is 0 Å². The quantitative estimate of drug-likeness (QED) is 0.817. The number of fused-ring (bicyclic) bond motifs is 1. The van der Waals surface area contributed by atoms with Gasteiger partial charge in [0.1, 0.15) is 6.07 Å². The molecule has 0 aliphatic carbocycles. The summed E-state index contributed by atoms with van der Waals surface area (Å²) in [4.78, 5) is 4.29. The number of pyridine rings is 1. The molecule has 0 saturated heterocycles. The molecule has 104 valence electrons. The number of anilines is 1. The van der Waals surface area contributed by atoms with Crippen LogP contribution in [-0.4, -0.2) is 24.2 Å². The summed E-state index contributed by atoms with van der Waals surface area (Å²) < 4.78 is 5.51. The summed E-state index contributed by atoms with van der Waals surface area (Å²) in [5.41, 5.74) is 2.34. The van der Waals surface area contributed by atoms with Gasteiger partial charge in [-0.05, 0) is 26.3 Å². The van der Waals surface area contributed by atoms with Gasteiger partial charge in [0.25, 0.3) is 0 Å². The van der Waals surface area contributed by atoms with Crippen molar-refractivity contribution in [3.8, 4) is 6.07 Å². The minimum Gasteiger partial charge on any atom is -0.383 e. The van der Waals surface area contributed by atoms with Crippen molar-refractivity contribution >= 4 is 16.6 Å². The second-order valence-corrected chi connectivity index (χ2v) is 4.88. The summed E-state index contributed by atoms with van der Waals surface area (Å²) in [6.45, 7) is 5.54. The number of para-hydroxylation sites is 1. The molecule has 0 bridgehead atoms. The topological polar surface area (TPSA) is 57.9 Å². The number of benzene rings is 1. The fourth-order valence-corrected chi connectivity index (χ4v) is 2.02. The highest BCUT2D eigenvalue weighted by Crippen LogP contribution is 2.25. The van der Waals surface area contributed by atoms with Gasteiger partial charge in [-0.1, -0.05) is 18.2 Å². The van der Waals surface area contributed by atoms with Crippen LogP contribution in [0.3, 0.4) is 0 Å². The molecule has 0 aliphatic heterocycles. The van der Waals surface area contributed by atoms with Crippen molar-refractivity contribution in [2.75, 3.05) is 18.5 Å². The largest absolute Gasteiger partial charge is 0.383 e. The van der Waals surface area contributed by atoms with E-state index in [0.717, 1.165) is 36.2 Å². The molecular formula is C16H19N3O. The molecule has 1 aromatic heterocycles. The zero-order chi connectivity index (χ0) is 14.4. The Hall–Kier alpha value is -2.12. The lowest BCUT2D eigenvalue weighted by Crippen LogP contribution is -2.10. The van der Waals surface area contributed by atoms with Crippen molar-refractivity contribution in [1.29, 1.82) is 5.26 Å². The maximum Gasteiger partial charge on any atom is 0.103 e. The average Bonchev–Trinajstić information content (AvgIpc) is 2.46. The lowest BCUT2D eigenvalue weighted by atomic mass is 10.1. The van der Waals surface area contributed by atoms with Crippen molar-refractivity contribution in [2.45, 2.75) is 26.4 Å². The number of nitriles is 1. The molecule has 2 aromatic rings. The van der Waals surface area contributed by atoms with Gasteiger partial charge in [0.05, 0.1) is 22.9 Å². The van der Waals surface area contributed by atoms with Gasteiger partial charge in [-0.2, -0.15) is 5.26 Å². The Balaban J connectivity index is 2.10. The number of ether oxygens (including phenoxy) is 1. The van der Waals surface area contributed by atoms with Gasteiger partial charge in [0.2, 0.25) is 0 Å². The van der Waals surface area contributed by atoms with E-state index in [2.05, 4.69) is 16.4 Å². The van der Waals surface area contributed by atoms with Crippen molar-refractivity contribution < 1.29 is 4.74 Å². The Kier molecular flexibility index (Phi) is 4.91. The number of aromatic nitrogens is 1. The Bertz CT molecular complexity index is 617. The summed E-state index contributed by atoms with van der Waals surface area (Å²) >= 11 is 0. The van der Waals surface area contributed by atoms with Gasteiger partial charge in [-0.15, -0.1) is 0 Å².